The third-order valence-corrected chi connectivity index (χ3v) is 4.87. The van der Waals surface area contributed by atoms with Gasteiger partial charge in [-0.25, -0.2) is 0 Å². The molecule has 1 unspecified atom stereocenters. The maximum absolute atomic E-state index is 5.96. The van der Waals surface area contributed by atoms with Crippen LogP contribution >= 0.6 is 0 Å². The monoisotopic (exact) mass is 309 g/mol. The van der Waals surface area contributed by atoms with Gasteiger partial charge in [0.2, 0.25) is 0 Å². The standard InChI is InChI=1S/C21H27NO/c1-16-7-9-18(10-8-16)20(15-22)6-3-13-23-21-12-11-17-4-2-5-19(17)14-21/h7-12,14,20H,2-6,13,15,22H2,1H3. The van der Waals surface area contributed by atoms with Crippen LogP contribution in [-0.2, 0) is 12.8 Å². The topological polar surface area (TPSA) is 35.2 Å². The lowest BCUT2D eigenvalue weighted by molar-refractivity contribution is 0.301. The summed E-state index contributed by atoms with van der Waals surface area (Å²) in [5.74, 6) is 1.45. The van der Waals surface area contributed by atoms with E-state index in [1.807, 2.05) is 0 Å². The van der Waals surface area contributed by atoms with E-state index in [0.29, 0.717) is 12.5 Å². The highest BCUT2D eigenvalue weighted by molar-refractivity contribution is 5.38. The van der Waals surface area contributed by atoms with Gasteiger partial charge in [0.05, 0.1) is 6.61 Å². The first-order valence-corrected chi connectivity index (χ1v) is 8.77. The van der Waals surface area contributed by atoms with Crippen molar-refractivity contribution in [2.45, 2.75) is 44.9 Å². The molecule has 1 atom stereocenters. The summed E-state index contributed by atoms with van der Waals surface area (Å²) in [6.07, 6.45) is 5.82. The molecule has 0 bridgehead atoms. The molecule has 122 valence electrons. The van der Waals surface area contributed by atoms with Crippen LogP contribution in [0.3, 0.4) is 0 Å². The number of hydrogen-bond donors (Lipinski definition) is 1. The zero-order chi connectivity index (χ0) is 16.1. The predicted molar refractivity (Wildman–Crippen MR) is 96.2 cm³/mol. The van der Waals surface area contributed by atoms with Crippen molar-refractivity contribution in [3.05, 3.63) is 64.7 Å². The van der Waals surface area contributed by atoms with Crippen LogP contribution in [-0.4, -0.2) is 13.2 Å². The van der Waals surface area contributed by atoms with Gasteiger partial charge < -0.3 is 10.5 Å². The molecular formula is C21H27NO. The fraction of sp³-hybridized carbons (Fsp3) is 0.429. The summed E-state index contributed by atoms with van der Waals surface area (Å²) >= 11 is 0. The van der Waals surface area contributed by atoms with E-state index >= 15 is 0 Å². The summed E-state index contributed by atoms with van der Waals surface area (Å²) < 4.78 is 5.94. The highest BCUT2D eigenvalue weighted by atomic mass is 16.5. The van der Waals surface area contributed by atoms with E-state index in [-0.39, 0.29) is 0 Å². The minimum atomic E-state index is 0.430. The zero-order valence-electron chi connectivity index (χ0n) is 14.1. The Bertz CT molecular complexity index is 633. The number of ether oxygens (including phenoxy) is 1. The van der Waals surface area contributed by atoms with Crippen LogP contribution in [0.2, 0.25) is 0 Å². The van der Waals surface area contributed by atoms with Crippen LogP contribution in [0.1, 0.15) is 47.4 Å². The van der Waals surface area contributed by atoms with Crippen molar-refractivity contribution in [2.24, 2.45) is 5.73 Å². The van der Waals surface area contributed by atoms with E-state index in [1.54, 1.807) is 0 Å². The lowest BCUT2D eigenvalue weighted by atomic mass is 9.94. The number of aryl methyl sites for hydroxylation is 3. The van der Waals surface area contributed by atoms with Crippen molar-refractivity contribution < 1.29 is 4.74 Å². The van der Waals surface area contributed by atoms with E-state index in [0.717, 1.165) is 25.2 Å². The Labute approximate surface area is 139 Å². The molecule has 23 heavy (non-hydrogen) atoms. The molecule has 0 fully saturated rings. The first-order chi connectivity index (χ1) is 11.3. The van der Waals surface area contributed by atoms with Gasteiger partial charge in [-0.3, -0.25) is 0 Å². The highest BCUT2D eigenvalue weighted by Gasteiger charge is 2.12. The van der Waals surface area contributed by atoms with Crippen molar-refractivity contribution in [3.8, 4) is 5.75 Å². The van der Waals surface area contributed by atoms with Gasteiger partial charge in [-0.15, -0.1) is 0 Å². The van der Waals surface area contributed by atoms with Crippen molar-refractivity contribution in [3.63, 3.8) is 0 Å². The Kier molecular flexibility index (Phi) is 5.35. The quantitative estimate of drug-likeness (QED) is 0.770. The maximum atomic E-state index is 5.96. The second-order valence-electron chi connectivity index (χ2n) is 6.62. The summed E-state index contributed by atoms with van der Waals surface area (Å²) in [6.45, 7) is 3.58. The summed E-state index contributed by atoms with van der Waals surface area (Å²) in [6, 6.07) is 15.3. The molecule has 0 saturated heterocycles. The van der Waals surface area contributed by atoms with Crippen LogP contribution in [0.4, 0.5) is 0 Å². The van der Waals surface area contributed by atoms with Crippen molar-refractivity contribution in [1.29, 1.82) is 0 Å². The summed E-state index contributed by atoms with van der Waals surface area (Å²) in [5, 5.41) is 0. The van der Waals surface area contributed by atoms with Gasteiger partial charge in [-0.05, 0) is 80.3 Å². The summed E-state index contributed by atoms with van der Waals surface area (Å²) in [7, 11) is 0. The smallest absolute Gasteiger partial charge is 0.119 e. The molecule has 0 amide bonds. The average molecular weight is 309 g/mol. The summed E-state index contributed by atoms with van der Waals surface area (Å²) in [4.78, 5) is 0. The van der Waals surface area contributed by atoms with E-state index < -0.39 is 0 Å². The largest absolute Gasteiger partial charge is 0.494 e. The van der Waals surface area contributed by atoms with Gasteiger partial charge in [0, 0.05) is 0 Å². The van der Waals surface area contributed by atoms with E-state index in [2.05, 4.69) is 49.4 Å². The van der Waals surface area contributed by atoms with Gasteiger partial charge in [0.15, 0.2) is 0 Å². The Morgan fingerprint density at radius 2 is 1.83 bits per heavy atom. The van der Waals surface area contributed by atoms with Crippen molar-refractivity contribution in [2.75, 3.05) is 13.2 Å². The maximum Gasteiger partial charge on any atom is 0.119 e. The lowest BCUT2D eigenvalue weighted by Gasteiger charge is -2.16. The number of rotatable bonds is 7. The zero-order valence-corrected chi connectivity index (χ0v) is 14.1. The fourth-order valence-electron chi connectivity index (χ4n) is 3.42. The third-order valence-electron chi connectivity index (χ3n) is 4.87. The second kappa shape index (κ2) is 7.65. The molecule has 2 aromatic carbocycles. The molecular weight excluding hydrogens is 282 g/mol. The molecule has 2 aromatic rings. The van der Waals surface area contributed by atoms with E-state index in [1.165, 1.54) is 41.5 Å². The minimum Gasteiger partial charge on any atom is -0.494 e. The Morgan fingerprint density at radius 1 is 1.04 bits per heavy atom. The molecule has 0 heterocycles. The Hall–Kier alpha value is -1.80. The molecule has 1 aliphatic rings. The first-order valence-electron chi connectivity index (χ1n) is 8.77. The number of benzene rings is 2. The summed E-state index contributed by atoms with van der Waals surface area (Å²) in [5.41, 5.74) is 11.6. The molecule has 0 aliphatic heterocycles. The predicted octanol–water partition coefficient (Wildman–Crippen LogP) is 4.39. The third kappa shape index (κ3) is 4.14. The molecule has 2 N–H and O–H groups in total. The second-order valence-corrected chi connectivity index (χ2v) is 6.62. The SMILES string of the molecule is Cc1ccc(C(CN)CCCOc2ccc3c(c2)CCC3)cc1. The normalized spacial score (nSPS) is 14.5. The molecule has 1 aliphatic carbocycles. The average Bonchev–Trinajstić information content (AvgIpc) is 3.04. The van der Waals surface area contributed by atoms with Gasteiger partial charge >= 0.3 is 0 Å². The van der Waals surface area contributed by atoms with Crippen LogP contribution in [0.25, 0.3) is 0 Å². The van der Waals surface area contributed by atoms with E-state index in [4.69, 9.17) is 10.5 Å². The molecule has 0 radical (unpaired) electrons. The Morgan fingerprint density at radius 3 is 2.61 bits per heavy atom. The first kappa shape index (κ1) is 16.1. The van der Waals surface area contributed by atoms with E-state index in [9.17, 15) is 0 Å². The Balaban J connectivity index is 1.47. The van der Waals surface area contributed by atoms with Crippen LogP contribution < -0.4 is 10.5 Å². The van der Waals surface area contributed by atoms with Gasteiger partial charge in [-0.2, -0.15) is 0 Å². The highest BCUT2D eigenvalue weighted by Crippen LogP contribution is 2.26. The number of nitrogens with two attached hydrogens (primary N) is 1. The van der Waals surface area contributed by atoms with Crippen molar-refractivity contribution >= 4 is 0 Å². The van der Waals surface area contributed by atoms with Gasteiger partial charge in [-0.1, -0.05) is 35.9 Å². The molecule has 2 nitrogen and oxygen atoms in total. The molecule has 0 aromatic heterocycles. The fourth-order valence-corrected chi connectivity index (χ4v) is 3.42. The molecule has 3 rings (SSSR count). The lowest BCUT2D eigenvalue weighted by Crippen LogP contribution is -2.13. The molecule has 0 saturated carbocycles. The molecule has 2 heteroatoms. The molecule has 0 spiro atoms. The number of hydrogen-bond acceptors (Lipinski definition) is 2. The van der Waals surface area contributed by atoms with Crippen molar-refractivity contribution in [1.82, 2.24) is 0 Å². The van der Waals surface area contributed by atoms with Gasteiger partial charge in [0.25, 0.3) is 0 Å². The van der Waals surface area contributed by atoms with Gasteiger partial charge in [0.1, 0.15) is 5.75 Å². The minimum absolute atomic E-state index is 0.430. The van der Waals surface area contributed by atoms with Crippen LogP contribution in [0, 0.1) is 6.92 Å². The van der Waals surface area contributed by atoms with Crippen LogP contribution in [0.15, 0.2) is 42.5 Å². The number of fused-ring (bicyclic) bond motifs is 1. The van der Waals surface area contributed by atoms with Crippen LogP contribution in [0.5, 0.6) is 5.75 Å².